The van der Waals surface area contributed by atoms with E-state index in [-0.39, 0.29) is 17.3 Å². The normalized spacial score (nSPS) is 10.4. The molecule has 0 amide bonds. The van der Waals surface area contributed by atoms with Gasteiger partial charge >= 0.3 is 0 Å². The van der Waals surface area contributed by atoms with Crippen LogP contribution in [0.25, 0.3) is 0 Å². The molecule has 0 aliphatic rings. The Morgan fingerprint density at radius 3 is 2.62 bits per heavy atom. The number of aromatic hydroxyl groups is 1. The molecule has 0 fully saturated rings. The Morgan fingerprint density at radius 2 is 2.00 bits per heavy atom. The topological polar surface area (TPSA) is 75.4 Å². The van der Waals surface area contributed by atoms with Crippen LogP contribution < -0.4 is 5.32 Å². The minimum absolute atomic E-state index is 0.0173. The monoisotopic (exact) mass is 314 g/mol. The van der Waals surface area contributed by atoms with Crippen molar-refractivity contribution < 1.29 is 18.8 Å². The summed E-state index contributed by atoms with van der Waals surface area (Å²) in [6.07, 6.45) is 0. The molecule has 0 spiro atoms. The molecule has 0 unspecified atom stereocenters. The largest absolute Gasteiger partial charge is 0.506 e. The van der Waals surface area contributed by atoms with Crippen molar-refractivity contribution in [1.82, 2.24) is 0 Å². The van der Waals surface area contributed by atoms with Gasteiger partial charge in [-0.2, -0.15) is 0 Å². The van der Waals surface area contributed by atoms with Crippen LogP contribution in [0.5, 0.6) is 5.75 Å². The van der Waals surface area contributed by atoms with E-state index in [0.717, 1.165) is 0 Å². The fraction of sp³-hybridized carbons (Fsp3) is 0.0769. The Bertz CT molecular complexity index is 710. The first-order chi connectivity index (χ1) is 9.88. The molecule has 2 aromatic rings. The van der Waals surface area contributed by atoms with Gasteiger partial charge in [0.25, 0.3) is 5.69 Å². The molecule has 0 saturated heterocycles. The molecule has 0 saturated carbocycles. The van der Waals surface area contributed by atoms with Gasteiger partial charge in [-0.25, -0.2) is 8.78 Å². The average molecular weight is 315 g/mol. The van der Waals surface area contributed by atoms with Crippen LogP contribution in [-0.2, 0) is 6.54 Å². The quantitative estimate of drug-likeness (QED) is 0.664. The summed E-state index contributed by atoms with van der Waals surface area (Å²) in [6.45, 7) is 0.0173. The van der Waals surface area contributed by atoms with Crippen molar-refractivity contribution in [3.05, 3.63) is 62.7 Å². The van der Waals surface area contributed by atoms with E-state index < -0.39 is 27.9 Å². The lowest BCUT2D eigenvalue weighted by Gasteiger charge is -2.09. The number of hydrogen-bond donors (Lipinski definition) is 2. The lowest BCUT2D eigenvalue weighted by molar-refractivity contribution is -0.384. The molecule has 5 nitrogen and oxygen atoms in total. The number of benzene rings is 2. The molecule has 0 aliphatic carbocycles. The summed E-state index contributed by atoms with van der Waals surface area (Å²) < 4.78 is 26.7. The number of nitro benzene ring substituents is 1. The van der Waals surface area contributed by atoms with E-state index >= 15 is 0 Å². The molecule has 0 bridgehead atoms. The van der Waals surface area contributed by atoms with Crippen molar-refractivity contribution >= 4 is 23.0 Å². The third kappa shape index (κ3) is 3.38. The van der Waals surface area contributed by atoms with Crippen LogP contribution in [-0.4, -0.2) is 10.0 Å². The number of anilines is 1. The minimum atomic E-state index is -1.06. The van der Waals surface area contributed by atoms with Gasteiger partial charge < -0.3 is 10.4 Å². The number of nitrogens with zero attached hydrogens (tertiary/aromatic N) is 1. The van der Waals surface area contributed by atoms with Crippen molar-refractivity contribution in [2.24, 2.45) is 0 Å². The maximum absolute atomic E-state index is 13.6. The second kappa shape index (κ2) is 5.92. The molecule has 2 N–H and O–H groups in total. The van der Waals surface area contributed by atoms with E-state index in [1.54, 1.807) is 0 Å². The van der Waals surface area contributed by atoms with Crippen LogP contribution in [0.15, 0.2) is 30.3 Å². The van der Waals surface area contributed by atoms with E-state index in [1.165, 1.54) is 18.2 Å². The number of phenolic OH excluding ortho intramolecular Hbond substituents is 1. The molecule has 0 aromatic heterocycles. The van der Waals surface area contributed by atoms with Gasteiger partial charge in [-0.1, -0.05) is 17.7 Å². The highest BCUT2D eigenvalue weighted by atomic mass is 35.5. The highest BCUT2D eigenvalue weighted by molar-refractivity contribution is 6.32. The summed E-state index contributed by atoms with van der Waals surface area (Å²) in [5.41, 5.74) is -0.543. The summed E-state index contributed by atoms with van der Waals surface area (Å²) in [5, 5.41) is 22.7. The summed E-state index contributed by atoms with van der Waals surface area (Å²) >= 11 is 5.72. The molecule has 2 rings (SSSR count). The van der Waals surface area contributed by atoms with E-state index in [2.05, 4.69) is 5.32 Å². The number of rotatable bonds is 4. The number of halogens is 3. The van der Waals surface area contributed by atoms with Gasteiger partial charge in [0.15, 0.2) is 5.82 Å². The van der Waals surface area contributed by atoms with E-state index in [4.69, 9.17) is 11.6 Å². The van der Waals surface area contributed by atoms with Crippen molar-refractivity contribution in [2.75, 3.05) is 5.32 Å². The third-order valence-corrected chi connectivity index (χ3v) is 3.01. The maximum Gasteiger partial charge on any atom is 0.298 e. The fourth-order valence-electron chi connectivity index (χ4n) is 1.73. The van der Waals surface area contributed by atoms with Gasteiger partial charge in [0, 0.05) is 12.6 Å². The maximum atomic E-state index is 13.6. The highest BCUT2D eigenvalue weighted by Crippen LogP contribution is 2.30. The van der Waals surface area contributed by atoms with Crippen LogP contribution in [0.1, 0.15) is 5.56 Å². The lowest BCUT2D eigenvalue weighted by Crippen LogP contribution is -2.05. The summed E-state index contributed by atoms with van der Waals surface area (Å²) in [4.78, 5) is 9.94. The zero-order valence-electron chi connectivity index (χ0n) is 10.4. The molecule has 2 aromatic carbocycles. The Balaban J connectivity index is 2.27. The summed E-state index contributed by atoms with van der Waals surface area (Å²) in [6, 6.07) is 5.47. The second-order valence-corrected chi connectivity index (χ2v) is 4.59. The Kier molecular flexibility index (Phi) is 4.23. The first-order valence-electron chi connectivity index (χ1n) is 5.73. The molecule has 0 aliphatic heterocycles. The van der Waals surface area contributed by atoms with Crippen molar-refractivity contribution in [1.29, 1.82) is 0 Å². The first kappa shape index (κ1) is 15.0. The predicted octanol–water partition coefficient (Wildman–Crippen LogP) is 3.84. The van der Waals surface area contributed by atoms with Crippen LogP contribution in [0.2, 0.25) is 5.02 Å². The average Bonchev–Trinajstić information content (AvgIpc) is 2.40. The standard InChI is InChI=1S/C13H9ClF2N2O3/c14-9-3-7(1-2-12(9)19)6-17-13-10(16)4-8(15)5-11(13)18(20)21/h1-5,17,19H,6H2. The number of hydrogen-bond acceptors (Lipinski definition) is 4. The summed E-state index contributed by atoms with van der Waals surface area (Å²) in [5.74, 6) is -2.21. The van der Waals surface area contributed by atoms with Crippen LogP contribution in [0, 0.1) is 21.7 Å². The molecule has 0 heterocycles. The number of phenols is 1. The van der Waals surface area contributed by atoms with Gasteiger partial charge in [-0.15, -0.1) is 0 Å². The predicted molar refractivity (Wildman–Crippen MR) is 73.5 cm³/mol. The minimum Gasteiger partial charge on any atom is -0.506 e. The van der Waals surface area contributed by atoms with Crippen molar-refractivity contribution in [3.63, 3.8) is 0 Å². The summed E-state index contributed by atoms with van der Waals surface area (Å²) in [7, 11) is 0. The molecule has 21 heavy (non-hydrogen) atoms. The Labute approximate surface area is 122 Å². The fourth-order valence-corrected chi connectivity index (χ4v) is 1.93. The zero-order valence-corrected chi connectivity index (χ0v) is 11.2. The number of nitro groups is 1. The molecular formula is C13H9ClF2N2O3. The first-order valence-corrected chi connectivity index (χ1v) is 6.11. The van der Waals surface area contributed by atoms with Crippen LogP contribution in [0.4, 0.5) is 20.2 Å². The molecule has 0 radical (unpaired) electrons. The second-order valence-electron chi connectivity index (χ2n) is 4.18. The van der Waals surface area contributed by atoms with Gasteiger partial charge in [0.2, 0.25) is 0 Å². The van der Waals surface area contributed by atoms with Crippen molar-refractivity contribution in [2.45, 2.75) is 6.54 Å². The van der Waals surface area contributed by atoms with E-state index in [0.29, 0.717) is 17.7 Å². The van der Waals surface area contributed by atoms with Crippen LogP contribution >= 0.6 is 11.6 Å². The smallest absolute Gasteiger partial charge is 0.298 e. The zero-order chi connectivity index (χ0) is 15.6. The third-order valence-electron chi connectivity index (χ3n) is 2.71. The number of nitrogens with one attached hydrogen (secondary N) is 1. The van der Waals surface area contributed by atoms with Gasteiger partial charge in [0.05, 0.1) is 16.0 Å². The molecule has 0 atom stereocenters. The van der Waals surface area contributed by atoms with Crippen LogP contribution in [0.3, 0.4) is 0 Å². The van der Waals surface area contributed by atoms with Crippen molar-refractivity contribution in [3.8, 4) is 5.75 Å². The van der Waals surface area contributed by atoms with Gasteiger partial charge in [-0.05, 0) is 17.7 Å². The van der Waals surface area contributed by atoms with Gasteiger partial charge in [-0.3, -0.25) is 10.1 Å². The lowest BCUT2D eigenvalue weighted by atomic mass is 10.2. The molecule has 110 valence electrons. The Morgan fingerprint density at radius 1 is 1.29 bits per heavy atom. The Hall–Kier alpha value is -2.41. The SMILES string of the molecule is O=[N+]([O-])c1cc(F)cc(F)c1NCc1ccc(O)c(Cl)c1. The molecule has 8 heteroatoms. The molecular weight excluding hydrogens is 306 g/mol. The van der Waals surface area contributed by atoms with E-state index in [1.807, 2.05) is 0 Å². The van der Waals surface area contributed by atoms with E-state index in [9.17, 15) is 24.0 Å². The highest BCUT2D eigenvalue weighted by Gasteiger charge is 2.20. The van der Waals surface area contributed by atoms with Gasteiger partial charge in [0.1, 0.15) is 17.3 Å².